The summed E-state index contributed by atoms with van der Waals surface area (Å²) in [6.07, 6.45) is 0. The predicted molar refractivity (Wildman–Crippen MR) is 75.9 cm³/mol. The third-order valence-corrected chi connectivity index (χ3v) is 5.99. The highest BCUT2D eigenvalue weighted by molar-refractivity contribution is 7.93. The summed E-state index contributed by atoms with van der Waals surface area (Å²) in [6.45, 7) is 0. The van der Waals surface area contributed by atoms with E-state index >= 15 is 0 Å². The van der Waals surface area contributed by atoms with Crippen molar-refractivity contribution in [3.8, 4) is 0 Å². The van der Waals surface area contributed by atoms with Crippen molar-refractivity contribution in [2.75, 3.05) is 11.4 Å². The summed E-state index contributed by atoms with van der Waals surface area (Å²) in [4.78, 5) is 0.670. The molecule has 0 aliphatic heterocycles. The lowest BCUT2D eigenvalue weighted by atomic mass is 10.3. The van der Waals surface area contributed by atoms with E-state index in [0.717, 1.165) is 4.31 Å². The number of alkyl halides is 1. The van der Waals surface area contributed by atoms with E-state index in [1.54, 1.807) is 11.4 Å². The third kappa shape index (κ3) is 2.61. The zero-order valence-corrected chi connectivity index (χ0v) is 12.4. The average Bonchev–Trinajstić information content (AvgIpc) is 2.87. The van der Waals surface area contributed by atoms with Gasteiger partial charge in [0.1, 0.15) is 10.7 Å². The molecule has 1 heterocycles. The normalized spacial score (nSPS) is 11.5. The molecule has 0 bridgehead atoms. The monoisotopic (exact) mass is 319 g/mol. The highest BCUT2D eigenvalue weighted by Gasteiger charge is 2.26. The maximum Gasteiger partial charge on any atom is 0.265 e. The van der Waals surface area contributed by atoms with Gasteiger partial charge in [-0.2, -0.15) is 0 Å². The van der Waals surface area contributed by atoms with Gasteiger partial charge in [0, 0.05) is 11.9 Å². The Morgan fingerprint density at radius 3 is 2.63 bits per heavy atom. The summed E-state index contributed by atoms with van der Waals surface area (Å²) in [6, 6.07) is 7.21. The number of hydrogen-bond acceptors (Lipinski definition) is 3. The minimum atomic E-state index is -3.79. The Kier molecular flexibility index (Phi) is 4.13. The van der Waals surface area contributed by atoms with E-state index in [-0.39, 0.29) is 16.5 Å². The number of para-hydroxylation sites is 1. The molecule has 19 heavy (non-hydrogen) atoms. The summed E-state index contributed by atoms with van der Waals surface area (Å²) in [5.74, 6) is -0.478. The molecule has 3 nitrogen and oxygen atoms in total. The molecular formula is C12H11ClFNO2S2. The van der Waals surface area contributed by atoms with Crippen LogP contribution in [0.3, 0.4) is 0 Å². The lowest BCUT2D eigenvalue weighted by molar-refractivity contribution is 0.589. The molecule has 7 heteroatoms. The van der Waals surface area contributed by atoms with Crippen LogP contribution in [-0.4, -0.2) is 15.5 Å². The van der Waals surface area contributed by atoms with Crippen molar-refractivity contribution in [2.24, 2.45) is 0 Å². The highest BCUT2D eigenvalue weighted by atomic mass is 35.5. The molecule has 2 aromatic rings. The van der Waals surface area contributed by atoms with Crippen LogP contribution in [0.5, 0.6) is 0 Å². The third-order valence-electron chi connectivity index (χ3n) is 2.66. The first-order valence-corrected chi connectivity index (χ1v) is 8.19. The van der Waals surface area contributed by atoms with Crippen LogP contribution in [0.1, 0.15) is 4.88 Å². The Bertz CT molecular complexity index is 685. The highest BCUT2D eigenvalue weighted by Crippen LogP contribution is 2.29. The molecule has 0 saturated carbocycles. The fraction of sp³-hybridized carbons (Fsp3) is 0.167. The number of nitrogens with zero attached hydrogens (tertiary/aromatic N) is 1. The SMILES string of the molecule is CN(c1ccccc1F)S(=O)(=O)c1ccsc1CCl. The van der Waals surface area contributed by atoms with Crippen LogP contribution in [0.15, 0.2) is 40.6 Å². The van der Waals surface area contributed by atoms with Crippen molar-refractivity contribution in [3.05, 3.63) is 46.4 Å². The van der Waals surface area contributed by atoms with Gasteiger partial charge in [-0.05, 0) is 23.6 Å². The number of rotatable bonds is 4. The molecule has 2 rings (SSSR count). The van der Waals surface area contributed by atoms with E-state index in [0.29, 0.717) is 4.88 Å². The molecular weight excluding hydrogens is 309 g/mol. The smallest absolute Gasteiger partial charge is 0.265 e. The van der Waals surface area contributed by atoms with E-state index < -0.39 is 15.8 Å². The van der Waals surface area contributed by atoms with Gasteiger partial charge < -0.3 is 0 Å². The Labute approximate surface area is 120 Å². The van der Waals surface area contributed by atoms with Gasteiger partial charge in [0.2, 0.25) is 0 Å². The average molecular weight is 320 g/mol. The summed E-state index contributed by atoms with van der Waals surface area (Å²) >= 11 is 6.98. The Hall–Kier alpha value is -1.11. The molecule has 1 aromatic heterocycles. The van der Waals surface area contributed by atoms with Gasteiger partial charge in [0.15, 0.2) is 0 Å². The maximum absolute atomic E-state index is 13.7. The number of thiophene rings is 1. The summed E-state index contributed by atoms with van der Waals surface area (Å²) in [7, 11) is -2.47. The van der Waals surface area contributed by atoms with E-state index in [1.807, 2.05) is 0 Å². The molecule has 1 aromatic carbocycles. The summed E-state index contributed by atoms with van der Waals surface area (Å²) in [5.41, 5.74) is 0.00854. The lowest BCUT2D eigenvalue weighted by Crippen LogP contribution is -2.27. The van der Waals surface area contributed by atoms with Crippen molar-refractivity contribution in [1.29, 1.82) is 0 Å². The van der Waals surface area contributed by atoms with Crippen LogP contribution in [-0.2, 0) is 15.9 Å². The van der Waals surface area contributed by atoms with E-state index in [9.17, 15) is 12.8 Å². The molecule has 0 spiro atoms. The van der Waals surface area contributed by atoms with Crippen LogP contribution in [0.4, 0.5) is 10.1 Å². The molecule has 0 radical (unpaired) electrons. The van der Waals surface area contributed by atoms with Crippen molar-refractivity contribution in [2.45, 2.75) is 10.8 Å². The van der Waals surface area contributed by atoms with Gasteiger partial charge in [-0.15, -0.1) is 22.9 Å². The standard InChI is InChI=1S/C12H11ClFNO2S2/c1-15(10-5-3-2-4-9(10)14)19(16,17)12-6-7-18-11(12)8-13/h2-7H,8H2,1H3. The zero-order chi connectivity index (χ0) is 14.0. The molecule has 0 aliphatic carbocycles. The van der Waals surface area contributed by atoms with Crippen LogP contribution in [0, 0.1) is 5.82 Å². The number of benzene rings is 1. The Balaban J connectivity index is 2.49. The topological polar surface area (TPSA) is 37.4 Å². The van der Waals surface area contributed by atoms with Crippen LogP contribution in [0.2, 0.25) is 0 Å². The fourth-order valence-corrected chi connectivity index (χ4v) is 4.52. The molecule has 0 amide bonds. The Morgan fingerprint density at radius 1 is 1.32 bits per heavy atom. The number of anilines is 1. The van der Waals surface area contributed by atoms with Crippen LogP contribution < -0.4 is 4.31 Å². The first kappa shape index (κ1) is 14.3. The van der Waals surface area contributed by atoms with Gasteiger partial charge in [-0.25, -0.2) is 12.8 Å². The van der Waals surface area contributed by atoms with Gasteiger partial charge in [0.05, 0.1) is 11.6 Å². The first-order chi connectivity index (χ1) is 8.98. The molecule has 0 aliphatic rings. The maximum atomic E-state index is 13.7. The van der Waals surface area contributed by atoms with Crippen LogP contribution >= 0.6 is 22.9 Å². The van der Waals surface area contributed by atoms with Gasteiger partial charge in [0.25, 0.3) is 10.0 Å². The van der Waals surface area contributed by atoms with Crippen LogP contribution in [0.25, 0.3) is 0 Å². The second kappa shape index (κ2) is 5.48. The minimum absolute atomic E-state index is 0.00854. The van der Waals surface area contributed by atoms with Gasteiger partial charge >= 0.3 is 0 Å². The molecule has 0 N–H and O–H groups in total. The molecule has 0 atom stereocenters. The predicted octanol–water partition coefficient (Wildman–Crippen LogP) is 3.45. The zero-order valence-electron chi connectivity index (χ0n) is 10.0. The molecule has 0 unspecified atom stereocenters. The largest absolute Gasteiger partial charge is 0.266 e. The quantitative estimate of drug-likeness (QED) is 0.809. The Morgan fingerprint density at radius 2 is 2.00 bits per heavy atom. The second-order valence-electron chi connectivity index (χ2n) is 3.77. The van der Waals surface area contributed by atoms with E-state index in [2.05, 4.69) is 0 Å². The summed E-state index contributed by atoms with van der Waals surface area (Å²) < 4.78 is 39.5. The van der Waals surface area contributed by atoms with Crippen molar-refractivity contribution in [3.63, 3.8) is 0 Å². The minimum Gasteiger partial charge on any atom is -0.266 e. The number of halogens is 2. The molecule has 0 saturated heterocycles. The van der Waals surface area contributed by atoms with Crippen molar-refractivity contribution in [1.82, 2.24) is 0 Å². The van der Waals surface area contributed by atoms with Crippen molar-refractivity contribution >= 4 is 38.6 Å². The van der Waals surface area contributed by atoms with E-state index in [1.165, 1.54) is 42.6 Å². The van der Waals surface area contributed by atoms with Crippen molar-refractivity contribution < 1.29 is 12.8 Å². The van der Waals surface area contributed by atoms with E-state index in [4.69, 9.17) is 11.6 Å². The molecule has 0 fully saturated rings. The molecule has 102 valence electrons. The number of sulfonamides is 1. The lowest BCUT2D eigenvalue weighted by Gasteiger charge is -2.19. The summed E-state index contributed by atoms with van der Waals surface area (Å²) in [5, 5.41) is 1.65. The first-order valence-electron chi connectivity index (χ1n) is 5.34. The van der Waals surface area contributed by atoms with Gasteiger partial charge in [-0.1, -0.05) is 12.1 Å². The second-order valence-corrected chi connectivity index (χ2v) is 6.97. The fourth-order valence-electron chi connectivity index (χ4n) is 1.64. The van der Waals surface area contributed by atoms with Gasteiger partial charge in [-0.3, -0.25) is 4.31 Å². The number of hydrogen-bond donors (Lipinski definition) is 0.